The van der Waals surface area contributed by atoms with Crippen molar-refractivity contribution in [2.24, 2.45) is 0 Å². The van der Waals surface area contributed by atoms with Crippen LogP contribution in [0.15, 0.2) is 146 Å². The van der Waals surface area contributed by atoms with Crippen molar-refractivity contribution in [1.82, 2.24) is 19.1 Å². The average molecular weight is 657 g/mol. The Labute approximate surface area is 288 Å². The summed E-state index contributed by atoms with van der Waals surface area (Å²) in [7, 11) is 0. The zero-order valence-electron chi connectivity index (χ0n) is 26.5. The number of hydrogen-bond acceptors (Lipinski definition) is 4. The van der Waals surface area contributed by atoms with E-state index in [0.29, 0.717) is 5.95 Å². The highest BCUT2D eigenvalue weighted by Gasteiger charge is 2.26. The molecular formula is C44H24N4OS. The SMILES string of the molecule is c1ccc2c(c1)Oc1cccc3nc(-n4c5ccccc5c5ccc6c(c7ccccc7n6-c6ccc7sc8ccccc8c7c6)c54)nc-2c13. The predicted molar refractivity (Wildman–Crippen MR) is 207 cm³/mol. The minimum Gasteiger partial charge on any atom is -0.456 e. The van der Waals surface area contributed by atoms with E-state index in [1.165, 1.54) is 41.7 Å². The average Bonchev–Trinajstić information content (AvgIpc) is 3.82. The first-order valence-electron chi connectivity index (χ1n) is 16.8. The molecule has 232 valence electrons. The van der Waals surface area contributed by atoms with Crippen LogP contribution in [0, 0.1) is 0 Å². The molecule has 0 N–H and O–H groups in total. The van der Waals surface area contributed by atoms with Crippen LogP contribution in [-0.2, 0) is 0 Å². The molecular weight excluding hydrogens is 633 g/mol. The highest BCUT2D eigenvalue weighted by atomic mass is 32.1. The van der Waals surface area contributed by atoms with Crippen LogP contribution in [0.2, 0.25) is 0 Å². The minimum absolute atomic E-state index is 0.642. The molecule has 12 rings (SSSR count). The Hall–Kier alpha value is -6.50. The summed E-state index contributed by atoms with van der Waals surface area (Å²) in [6, 6.07) is 51.7. The Morgan fingerprint density at radius 2 is 1.22 bits per heavy atom. The third kappa shape index (κ3) is 3.40. The normalized spacial score (nSPS) is 12.6. The number of benzene rings is 7. The topological polar surface area (TPSA) is 44.9 Å². The molecule has 7 aromatic carbocycles. The monoisotopic (exact) mass is 656 g/mol. The molecule has 0 fully saturated rings. The highest BCUT2D eigenvalue weighted by Crippen LogP contribution is 2.47. The molecule has 0 saturated heterocycles. The minimum atomic E-state index is 0.642. The van der Waals surface area contributed by atoms with Crippen LogP contribution in [0.25, 0.3) is 97.6 Å². The first-order chi connectivity index (χ1) is 24.8. The van der Waals surface area contributed by atoms with Crippen LogP contribution in [-0.4, -0.2) is 19.1 Å². The fraction of sp³-hybridized carbons (Fsp3) is 0. The van der Waals surface area contributed by atoms with E-state index < -0.39 is 0 Å². The molecule has 1 aliphatic rings. The molecule has 0 bridgehead atoms. The predicted octanol–water partition coefficient (Wildman–Crippen LogP) is 12.0. The van der Waals surface area contributed by atoms with E-state index in [4.69, 9.17) is 14.7 Å². The number of para-hydroxylation sites is 3. The van der Waals surface area contributed by atoms with Gasteiger partial charge in [0.2, 0.25) is 5.95 Å². The van der Waals surface area contributed by atoms with Gasteiger partial charge in [-0.05, 0) is 66.7 Å². The van der Waals surface area contributed by atoms with Crippen LogP contribution < -0.4 is 4.74 Å². The molecule has 11 aromatic rings. The van der Waals surface area contributed by atoms with Gasteiger partial charge in [-0.25, -0.2) is 9.97 Å². The molecule has 0 radical (unpaired) electrons. The second-order valence-electron chi connectivity index (χ2n) is 13.0. The maximum absolute atomic E-state index is 6.33. The van der Waals surface area contributed by atoms with Crippen molar-refractivity contribution < 1.29 is 4.74 Å². The van der Waals surface area contributed by atoms with Gasteiger partial charge in [0.15, 0.2) is 0 Å². The van der Waals surface area contributed by atoms with Gasteiger partial charge in [-0.2, -0.15) is 0 Å². The Balaban J connectivity index is 1.23. The summed E-state index contributed by atoms with van der Waals surface area (Å²) in [5.41, 5.74) is 8.34. The Kier molecular flexibility index (Phi) is 5.06. The molecule has 0 atom stereocenters. The fourth-order valence-electron chi connectivity index (χ4n) is 8.24. The maximum atomic E-state index is 6.33. The summed E-state index contributed by atoms with van der Waals surface area (Å²) < 4.78 is 13.6. The number of nitrogens with zero attached hydrogens (tertiary/aromatic N) is 4. The zero-order valence-corrected chi connectivity index (χ0v) is 27.3. The fourth-order valence-corrected chi connectivity index (χ4v) is 9.32. The van der Waals surface area contributed by atoms with Gasteiger partial charge in [-0.3, -0.25) is 4.57 Å². The lowest BCUT2D eigenvalue weighted by atomic mass is 10.0. The molecule has 0 saturated carbocycles. The molecule has 0 amide bonds. The van der Waals surface area contributed by atoms with Crippen molar-refractivity contribution in [3.05, 3.63) is 146 Å². The van der Waals surface area contributed by atoms with Gasteiger partial charge in [0.05, 0.1) is 38.7 Å². The van der Waals surface area contributed by atoms with Crippen molar-refractivity contribution in [3.63, 3.8) is 0 Å². The number of fused-ring (bicyclic) bond motifs is 12. The quantitative estimate of drug-likeness (QED) is 0.186. The van der Waals surface area contributed by atoms with Gasteiger partial charge in [0.1, 0.15) is 11.5 Å². The van der Waals surface area contributed by atoms with E-state index in [9.17, 15) is 0 Å². The van der Waals surface area contributed by atoms with E-state index in [1.807, 2.05) is 41.7 Å². The number of ether oxygens (including phenoxy) is 1. The lowest BCUT2D eigenvalue weighted by molar-refractivity contribution is 0.486. The number of rotatable bonds is 2. The summed E-state index contributed by atoms with van der Waals surface area (Å²) in [5, 5.41) is 8.23. The van der Waals surface area contributed by atoms with E-state index in [1.54, 1.807) is 0 Å². The molecule has 0 unspecified atom stereocenters. The second kappa shape index (κ2) is 9.56. The lowest BCUT2D eigenvalue weighted by Crippen LogP contribution is -2.06. The first-order valence-corrected chi connectivity index (χ1v) is 17.6. The van der Waals surface area contributed by atoms with Crippen LogP contribution >= 0.6 is 11.3 Å². The third-order valence-corrected chi connectivity index (χ3v) is 11.5. The third-order valence-electron chi connectivity index (χ3n) is 10.3. The lowest BCUT2D eigenvalue weighted by Gasteiger charge is -2.21. The highest BCUT2D eigenvalue weighted by molar-refractivity contribution is 7.25. The van der Waals surface area contributed by atoms with E-state index in [2.05, 4.69) is 124 Å². The maximum Gasteiger partial charge on any atom is 0.235 e. The molecule has 5 nitrogen and oxygen atoms in total. The second-order valence-corrected chi connectivity index (χ2v) is 14.0. The standard InChI is InChI=1S/C44H24N4OS/c1-5-15-33-26(10-1)28-21-22-35-40(29-12-2-6-16-34(29)47(35)25-20-23-39-31(24-25)27-11-4-8-19-38(27)50-39)43(28)48(33)44-45-32-14-9-18-37-41(32)42(46-44)30-13-3-7-17-36(30)49-37/h1-24H. The summed E-state index contributed by atoms with van der Waals surface area (Å²) in [4.78, 5) is 10.7. The van der Waals surface area contributed by atoms with Crippen LogP contribution in [0.3, 0.4) is 0 Å². The molecule has 5 heterocycles. The van der Waals surface area contributed by atoms with Crippen LogP contribution in [0.4, 0.5) is 0 Å². The molecule has 4 aromatic heterocycles. The van der Waals surface area contributed by atoms with Crippen molar-refractivity contribution in [3.8, 4) is 34.4 Å². The van der Waals surface area contributed by atoms with Gasteiger partial charge in [0, 0.05) is 53.0 Å². The van der Waals surface area contributed by atoms with Gasteiger partial charge in [-0.15, -0.1) is 11.3 Å². The van der Waals surface area contributed by atoms with Gasteiger partial charge in [0.25, 0.3) is 0 Å². The molecule has 0 aliphatic carbocycles. The largest absolute Gasteiger partial charge is 0.456 e. The summed E-state index contributed by atoms with van der Waals surface area (Å²) in [6.07, 6.45) is 0. The van der Waals surface area contributed by atoms with E-state index in [0.717, 1.165) is 61.4 Å². The summed E-state index contributed by atoms with van der Waals surface area (Å²) in [6.45, 7) is 0. The van der Waals surface area contributed by atoms with Gasteiger partial charge < -0.3 is 9.30 Å². The van der Waals surface area contributed by atoms with Crippen LogP contribution in [0.5, 0.6) is 11.5 Å². The molecule has 6 heteroatoms. The van der Waals surface area contributed by atoms with E-state index in [-0.39, 0.29) is 0 Å². The summed E-state index contributed by atoms with van der Waals surface area (Å²) >= 11 is 1.85. The van der Waals surface area contributed by atoms with E-state index >= 15 is 0 Å². The Morgan fingerprint density at radius 1 is 0.480 bits per heavy atom. The van der Waals surface area contributed by atoms with Gasteiger partial charge >= 0.3 is 0 Å². The Morgan fingerprint density at radius 3 is 2.14 bits per heavy atom. The van der Waals surface area contributed by atoms with Gasteiger partial charge in [-0.1, -0.05) is 78.9 Å². The molecule has 0 spiro atoms. The van der Waals surface area contributed by atoms with Crippen molar-refractivity contribution >= 4 is 86.0 Å². The number of aromatic nitrogens is 4. The van der Waals surface area contributed by atoms with Crippen molar-refractivity contribution in [2.45, 2.75) is 0 Å². The summed E-state index contributed by atoms with van der Waals surface area (Å²) in [5.74, 6) is 2.23. The zero-order chi connectivity index (χ0) is 32.5. The molecule has 1 aliphatic heterocycles. The van der Waals surface area contributed by atoms with Crippen molar-refractivity contribution in [1.29, 1.82) is 0 Å². The molecule has 50 heavy (non-hydrogen) atoms. The van der Waals surface area contributed by atoms with Crippen molar-refractivity contribution in [2.75, 3.05) is 0 Å². The Bertz CT molecular complexity index is 3260. The number of thiophene rings is 1. The number of hydrogen-bond donors (Lipinski definition) is 0. The smallest absolute Gasteiger partial charge is 0.235 e. The van der Waals surface area contributed by atoms with Crippen LogP contribution in [0.1, 0.15) is 0 Å². The first kappa shape index (κ1) is 26.5.